The van der Waals surface area contributed by atoms with E-state index < -0.39 is 11.6 Å². The summed E-state index contributed by atoms with van der Waals surface area (Å²) in [6, 6.07) is 0. The van der Waals surface area contributed by atoms with Gasteiger partial charge < -0.3 is 15.3 Å². The maximum absolute atomic E-state index is 11.0. The summed E-state index contributed by atoms with van der Waals surface area (Å²) < 4.78 is 0. The van der Waals surface area contributed by atoms with Gasteiger partial charge in [0.25, 0.3) is 0 Å². The molecule has 0 heterocycles. The number of carboxylic acids is 1. The van der Waals surface area contributed by atoms with Crippen LogP contribution in [-0.4, -0.2) is 33.5 Å². The molecule has 0 aromatic rings. The Morgan fingerprint density at radius 3 is 2.29 bits per heavy atom. The van der Waals surface area contributed by atoms with Gasteiger partial charge in [-0.1, -0.05) is 13.0 Å². The standard InChI is InChI=1S/C17H26O4/c1-12(13(19)20)3-4-15-5-14(2)6-16(8-15,11-18)10-17(21,7-14)9-15/h3,18,21H,4-11H2,1-2H3,(H,19,20). The molecule has 4 fully saturated rings. The Kier molecular flexibility index (Phi) is 3.10. The molecule has 4 atom stereocenters. The Bertz CT molecular complexity index is 489. The summed E-state index contributed by atoms with van der Waals surface area (Å²) in [5, 5.41) is 29.9. The molecule has 0 aromatic heterocycles. The molecule has 4 heteroatoms. The van der Waals surface area contributed by atoms with Gasteiger partial charge >= 0.3 is 5.97 Å². The van der Waals surface area contributed by atoms with Crippen LogP contribution in [0.2, 0.25) is 0 Å². The van der Waals surface area contributed by atoms with Crippen molar-refractivity contribution in [1.82, 2.24) is 0 Å². The molecule has 4 bridgehead atoms. The molecule has 0 amide bonds. The highest BCUT2D eigenvalue weighted by molar-refractivity contribution is 5.85. The second kappa shape index (κ2) is 4.32. The zero-order valence-corrected chi connectivity index (χ0v) is 13.0. The molecule has 4 unspecified atom stereocenters. The highest BCUT2D eigenvalue weighted by atomic mass is 16.4. The lowest BCUT2D eigenvalue weighted by molar-refractivity contribution is -0.237. The summed E-state index contributed by atoms with van der Waals surface area (Å²) in [6.45, 7) is 3.98. The molecule has 4 rings (SSSR count). The molecule has 4 aliphatic rings. The third-order valence-corrected chi connectivity index (χ3v) is 6.03. The number of hydrogen-bond donors (Lipinski definition) is 3. The molecule has 0 aromatic carbocycles. The molecule has 0 spiro atoms. The first kappa shape index (κ1) is 15.0. The summed E-state index contributed by atoms with van der Waals surface area (Å²) in [6.07, 6.45) is 7.73. The summed E-state index contributed by atoms with van der Waals surface area (Å²) in [5.41, 5.74) is -0.420. The molecular formula is C17H26O4. The maximum atomic E-state index is 11.0. The number of carbonyl (C=O) groups is 1. The normalized spacial score (nSPS) is 48.7. The number of aliphatic carboxylic acids is 1. The van der Waals surface area contributed by atoms with Crippen LogP contribution in [0, 0.1) is 16.2 Å². The van der Waals surface area contributed by atoms with Gasteiger partial charge in [0.15, 0.2) is 0 Å². The Morgan fingerprint density at radius 1 is 1.10 bits per heavy atom. The fourth-order valence-corrected chi connectivity index (χ4v) is 6.39. The van der Waals surface area contributed by atoms with Crippen molar-refractivity contribution in [2.45, 2.75) is 64.4 Å². The minimum atomic E-state index is -0.874. The maximum Gasteiger partial charge on any atom is 0.330 e. The van der Waals surface area contributed by atoms with Gasteiger partial charge in [-0.2, -0.15) is 0 Å². The number of aliphatic hydroxyl groups is 2. The van der Waals surface area contributed by atoms with Crippen molar-refractivity contribution in [3.8, 4) is 0 Å². The van der Waals surface area contributed by atoms with Crippen molar-refractivity contribution in [2.24, 2.45) is 16.2 Å². The van der Waals surface area contributed by atoms with Crippen molar-refractivity contribution >= 4 is 5.97 Å². The molecule has 0 saturated heterocycles. The number of rotatable bonds is 4. The predicted molar refractivity (Wildman–Crippen MR) is 78.7 cm³/mol. The lowest BCUT2D eigenvalue weighted by Gasteiger charge is -2.68. The smallest absolute Gasteiger partial charge is 0.330 e. The first-order valence-corrected chi connectivity index (χ1v) is 7.86. The number of aliphatic hydroxyl groups excluding tert-OH is 1. The highest BCUT2D eigenvalue weighted by Crippen LogP contribution is 2.71. The van der Waals surface area contributed by atoms with Gasteiger partial charge in [0.2, 0.25) is 0 Å². The predicted octanol–water partition coefficient (Wildman–Crippen LogP) is 2.49. The Labute approximate surface area is 125 Å². The molecule has 0 radical (unpaired) electrons. The number of carboxylic acid groups (broad SMARTS) is 1. The van der Waals surface area contributed by atoms with E-state index in [-0.39, 0.29) is 22.9 Å². The lowest BCUT2D eigenvalue weighted by Crippen LogP contribution is -2.64. The minimum Gasteiger partial charge on any atom is -0.478 e. The molecule has 21 heavy (non-hydrogen) atoms. The van der Waals surface area contributed by atoms with Crippen molar-refractivity contribution in [3.63, 3.8) is 0 Å². The zero-order chi connectivity index (χ0) is 15.5. The zero-order valence-electron chi connectivity index (χ0n) is 13.0. The lowest BCUT2D eigenvalue weighted by atomic mass is 9.38. The van der Waals surface area contributed by atoms with Gasteiger partial charge in [-0.05, 0) is 68.1 Å². The van der Waals surface area contributed by atoms with Crippen LogP contribution in [0.1, 0.15) is 58.8 Å². The van der Waals surface area contributed by atoms with E-state index in [9.17, 15) is 15.0 Å². The molecule has 4 saturated carbocycles. The van der Waals surface area contributed by atoms with Gasteiger partial charge in [-0.25, -0.2) is 4.79 Å². The molecule has 4 aliphatic carbocycles. The van der Waals surface area contributed by atoms with Crippen molar-refractivity contribution in [2.75, 3.05) is 6.61 Å². The van der Waals surface area contributed by atoms with E-state index in [0.29, 0.717) is 18.4 Å². The SMILES string of the molecule is CC(=CCC12CC3(C)CC(O)(CC(CO)(C3)C1)C2)C(=O)O. The Balaban J connectivity index is 1.93. The monoisotopic (exact) mass is 294 g/mol. The number of hydrogen-bond acceptors (Lipinski definition) is 3. The third-order valence-electron chi connectivity index (χ3n) is 6.03. The summed E-state index contributed by atoms with van der Waals surface area (Å²) in [5.74, 6) is -0.874. The van der Waals surface area contributed by atoms with E-state index in [0.717, 1.165) is 32.1 Å². The van der Waals surface area contributed by atoms with Crippen LogP contribution in [0.5, 0.6) is 0 Å². The van der Waals surface area contributed by atoms with E-state index in [1.807, 2.05) is 6.08 Å². The van der Waals surface area contributed by atoms with Crippen molar-refractivity contribution in [1.29, 1.82) is 0 Å². The Hall–Kier alpha value is -0.870. The highest BCUT2D eigenvalue weighted by Gasteiger charge is 2.65. The van der Waals surface area contributed by atoms with E-state index >= 15 is 0 Å². The average Bonchev–Trinajstić information content (AvgIpc) is 2.31. The van der Waals surface area contributed by atoms with Crippen LogP contribution < -0.4 is 0 Å². The van der Waals surface area contributed by atoms with E-state index in [1.165, 1.54) is 0 Å². The van der Waals surface area contributed by atoms with E-state index in [4.69, 9.17) is 5.11 Å². The van der Waals surface area contributed by atoms with Gasteiger partial charge in [-0.3, -0.25) is 0 Å². The summed E-state index contributed by atoms with van der Waals surface area (Å²) >= 11 is 0. The van der Waals surface area contributed by atoms with E-state index in [1.54, 1.807) is 6.92 Å². The third kappa shape index (κ3) is 2.42. The summed E-state index contributed by atoms with van der Waals surface area (Å²) in [7, 11) is 0. The molecule has 0 aliphatic heterocycles. The quantitative estimate of drug-likeness (QED) is 0.696. The second-order valence-corrected chi connectivity index (χ2v) is 8.65. The van der Waals surface area contributed by atoms with Crippen LogP contribution in [-0.2, 0) is 4.79 Å². The van der Waals surface area contributed by atoms with Crippen molar-refractivity contribution < 1.29 is 20.1 Å². The van der Waals surface area contributed by atoms with Gasteiger partial charge in [0.05, 0.1) is 5.60 Å². The Morgan fingerprint density at radius 2 is 1.71 bits per heavy atom. The van der Waals surface area contributed by atoms with Crippen LogP contribution in [0.4, 0.5) is 0 Å². The first-order valence-electron chi connectivity index (χ1n) is 7.86. The molecule has 118 valence electrons. The fourth-order valence-electron chi connectivity index (χ4n) is 6.39. The largest absolute Gasteiger partial charge is 0.478 e. The number of allylic oxidation sites excluding steroid dienone is 1. The molecule has 4 nitrogen and oxygen atoms in total. The van der Waals surface area contributed by atoms with Crippen LogP contribution in [0.15, 0.2) is 11.6 Å². The van der Waals surface area contributed by atoms with Gasteiger partial charge in [0, 0.05) is 12.2 Å². The fraction of sp³-hybridized carbons (Fsp3) is 0.824. The van der Waals surface area contributed by atoms with Gasteiger partial charge in [0.1, 0.15) is 0 Å². The second-order valence-electron chi connectivity index (χ2n) is 8.65. The average molecular weight is 294 g/mol. The van der Waals surface area contributed by atoms with Crippen LogP contribution >= 0.6 is 0 Å². The first-order chi connectivity index (χ1) is 9.63. The minimum absolute atomic E-state index is 0.0440. The topological polar surface area (TPSA) is 77.8 Å². The van der Waals surface area contributed by atoms with Crippen molar-refractivity contribution in [3.05, 3.63) is 11.6 Å². The van der Waals surface area contributed by atoms with Crippen LogP contribution in [0.25, 0.3) is 0 Å². The summed E-state index contributed by atoms with van der Waals surface area (Å²) in [4.78, 5) is 11.0. The molecule has 3 N–H and O–H groups in total. The van der Waals surface area contributed by atoms with E-state index in [2.05, 4.69) is 6.92 Å². The molecular weight excluding hydrogens is 268 g/mol. The van der Waals surface area contributed by atoms with Crippen LogP contribution in [0.3, 0.4) is 0 Å². The van der Waals surface area contributed by atoms with Gasteiger partial charge in [-0.15, -0.1) is 0 Å².